The second-order valence-electron chi connectivity index (χ2n) is 33.0. The topological polar surface area (TPSA) is 133 Å². The van der Waals surface area contributed by atoms with Crippen LogP contribution in [0.2, 0.25) is 0 Å². The second kappa shape index (κ2) is 21.4. The Morgan fingerprint density at radius 3 is 1.75 bits per heavy atom. The zero-order valence-electron chi connectivity index (χ0n) is 52.4. The van der Waals surface area contributed by atoms with Gasteiger partial charge in [-0.25, -0.2) is 4.39 Å². The Bertz CT molecular complexity index is 3120. The van der Waals surface area contributed by atoms with Gasteiger partial charge in [-0.05, 0) is 261 Å². The molecular formula is C74H99F3N6O4. The van der Waals surface area contributed by atoms with Crippen LogP contribution in [0, 0.1) is 44.3 Å². The molecule has 10 nitrogen and oxygen atoms in total. The summed E-state index contributed by atoms with van der Waals surface area (Å²) in [6.07, 6.45) is 17.0. The van der Waals surface area contributed by atoms with Gasteiger partial charge in [0.25, 0.3) is 0 Å². The van der Waals surface area contributed by atoms with E-state index in [-0.39, 0.29) is 75.8 Å². The number of amides is 3. The van der Waals surface area contributed by atoms with Crippen molar-refractivity contribution in [1.82, 2.24) is 31.9 Å². The molecule has 13 heteroatoms. The number of benzene rings is 3. The van der Waals surface area contributed by atoms with E-state index in [1.165, 1.54) is 27.8 Å². The fraction of sp³-hybridized carbons (Fsp3) is 0.716. The van der Waals surface area contributed by atoms with E-state index in [0.717, 1.165) is 103 Å². The molecule has 12 aliphatic carbocycles. The van der Waals surface area contributed by atoms with Crippen molar-refractivity contribution >= 4 is 17.7 Å². The minimum atomic E-state index is -1.14. The molecule has 0 radical (unpaired) electrons. The van der Waals surface area contributed by atoms with Gasteiger partial charge < -0.3 is 36.6 Å². The summed E-state index contributed by atoms with van der Waals surface area (Å²) in [5, 5.41) is 20.9. The maximum Gasteiger partial charge on any atom is 0.226 e. The molecule has 3 aromatic carbocycles. The van der Waals surface area contributed by atoms with E-state index in [4.69, 9.17) is 4.74 Å². The molecule has 470 valence electrons. The zero-order valence-corrected chi connectivity index (χ0v) is 52.4. The quantitative estimate of drug-likeness (QED) is 0.0793. The molecule has 0 spiro atoms. The first-order chi connectivity index (χ1) is 41.9. The molecule has 0 aromatic heterocycles. The molecule has 3 heterocycles. The summed E-state index contributed by atoms with van der Waals surface area (Å²) in [5.74, 6) is 1.06. The van der Waals surface area contributed by atoms with E-state index in [1.807, 2.05) is 0 Å². The number of hydrogen-bond donors (Lipinski definition) is 6. The average Bonchev–Trinajstić information content (AvgIpc) is 0.706. The van der Waals surface area contributed by atoms with E-state index in [2.05, 4.69) is 132 Å². The third-order valence-electron chi connectivity index (χ3n) is 26.8. The van der Waals surface area contributed by atoms with Gasteiger partial charge in [0, 0.05) is 48.1 Å². The van der Waals surface area contributed by atoms with Crippen molar-refractivity contribution in [3.05, 3.63) is 107 Å². The minimum Gasteiger partial charge on any atom is -0.381 e. The van der Waals surface area contributed by atoms with Crippen molar-refractivity contribution in [3.8, 4) is 0 Å². The molecule has 87 heavy (non-hydrogen) atoms. The number of alkyl halides is 3. The fourth-order valence-electron chi connectivity index (χ4n) is 25.3. The maximum atomic E-state index is 16.8. The first-order valence-electron chi connectivity index (χ1n) is 34.6. The SMILES string of the molecule is CCOC[C@]12CC3(C(=O)N[C@H]4CCN[C@H](C)C4)CC(C[C@](c4ccccc4)(C3)C1)C2c1ccc([C@@]23CC4(C(=O)N[C@H]5CCN[C@H](C)C5)CC(c5ccc([C@]67CC8CC(C(=O)N[C@H]9CCNC[C@@H]9F)(C[C@](CCF)(C8)C6)C7)cc5)(C[C@@](CF)(C4)C2)C3)cc1. The maximum absolute atomic E-state index is 16.8. The summed E-state index contributed by atoms with van der Waals surface area (Å²) in [6.45, 7) is 9.52. The summed E-state index contributed by atoms with van der Waals surface area (Å²) >= 11 is 0. The van der Waals surface area contributed by atoms with Crippen LogP contribution in [0.25, 0.3) is 0 Å². The fourth-order valence-corrected chi connectivity index (χ4v) is 25.3. The first kappa shape index (κ1) is 59.0. The Morgan fingerprint density at radius 2 is 1.13 bits per heavy atom. The van der Waals surface area contributed by atoms with Gasteiger partial charge in [0.2, 0.25) is 17.7 Å². The van der Waals surface area contributed by atoms with Crippen molar-refractivity contribution < 1.29 is 32.3 Å². The summed E-state index contributed by atoms with van der Waals surface area (Å²) < 4.78 is 53.6. The molecule has 3 aromatic rings. The lowest BCUT2D eigenvalue weighted by Crippen LogP contribution is -2.68. The summed E-state index contributed by atoms with van der Waals surface area (Å²) in [6, 6.07) is 30.4. The van der Waals surface area contributed by atoms with Gasteiger partial charge in [0.05, 0.1) is 42.2 Å². The van der Waals surface area contributed by atoms with Crippen LogP contribution in [-0.2, 0) is 40.8 Å². The van der Waals surface area contributed by atoms with Crippen LogP contribution in [0.3, 0.4) is 0 Å². The number of nitrogens with one attached hydrogen (secondary N) is 6. The number of hydrogen-bond acceptors (Lipinski definition) is 7. The highest BCUT2D eigenvalue weighted by Crippen LogP contribution is 2.77. The Morgan fingerprint density at radius 1 is 0.563 bits per heavy atom. The first-order valence-corrected chi connectivity index (χ1v) is 34.6. The largest absolute Gasteiger partial charge is 0.381 e. The smallest absolute Gasteiger partial charge is 0.226 e. The molecule has 6 N–H and O–H groups in total. The molecular weight excluding hydrogens is 1090 g/mol. The van der Waals surface area contributed by atoms with Gasteiger partial charge in [-0.15, -0.1) is 0 Å². The van der Waals surface area contributed by atoms with Gasteiger partial charge in [0.15, 0.2) is 0 Å². The molecule has 15 fully saturated rings. The van der Waals surface area contributed by atoms with Crippen LogP contribution in [0.5, 0.6) is 0 Å². The molecule has 12 bridgehead atoms. The Kier molecular flexibility index (Phi) is 14.5. The zero-order chi connectivity index (χ0) is 59.9. The third-order valence-corrected chi connectivity index (χ3v) is 26.8. The average molecular weight is 1190 g/mol. The summed E-state index contributed by atoms with van der Waals surface area (Å²) in [5.41, 5.74) is 1.70. The molecule has 3 saturated heterocycles. The van der Waals surface area contributed by atoms with Crippen LogP contribution in [-0.4, -0.2) is 107 Å². The molecule has 15 aliphatic rings. The number of halogens is 3. The molecule has 18 rings (SSSR count). The van der Waals surface area contributed by atoms with Crippen LogP contribution >= 0.6 is 0 Å². The number of carbonyl (C=O) groups excluding carboxylic acids is 3. The lowest BCUT2D eigenvalue weighted by atomic mass is 9.33. The highest BCUT2D eigenvalue weighted by molar-refractivity contribution is 5.86. The van der Waals surface area contributed by atoms with E-state index in [0.29, 0.717) is 89.6 Å². The highest BCUT2D eigenvalue weighted by Gasteiger charge is 2.73. The number of piperidine rings is 3. The van der Waals surface area contributed by atoms with Gasteiger partial charge in [-0.3, -0.25) is 23.2 Å². The van der Waals surface area contributed by atoms with Gasteiger partial charge >= 0.3 is 0 Å². The predicted octanol–water partition coefficient (Wildman–Crippen LogP) is 11.7. The molecule has 12 saturated carbocycles. The lowest BCUT2D eigenvalue weighted by Gasteiger charge is -2.70. The lowest BCUT2D eigenvalue weighted by molar-refractivity contribution is -0.181. The minimum absolute atomic E-state index is 0.0358. The highest BCUT2D eigenvalue weighted by atomic mass is 19.1. The van der Waals surface area contributed by atoms with Gasteiger partial charge in [-0.1, -0.05) is 78.9 Å². The molecule has 3 amide bonds. The van der Waals surface area contributed by atoms with E-state index in [1.54, 1.807) is 0 Å². The van der Waals surface area contributed by atoms with Crippen molar-refractivity contribution in [3.63, 3.8) is 0 Å². The van der Waals surface area contributed by atoms with Crippen LogP contribution in [0.1, 0.15) is 202 Å². The van der Waals surface area contributed by atoms with Gasteiger partial charge in [0.1, 0.15) is 6.17 Å². The second-order valence-corrected chi connectivity index (χ2v) is 33.0. The van der Waals surface area contributed by atoms with Gasteiger partial charge in [-0.2, -0.15) is 0 Å². The summed E-state index contributed by atoms with van der Waals surface area (Å²) in [4.78, 5) is 45.7. The van der Waals surface area contributed by atoms with Crippen molar-refractivity contribution in [2.45, 2.75) is 232 Å². The van der Waals surface area contributed by atoms with Crippen molar-refractivity contribution in [2.24, 2.45) is 44.3 Å². The Balaban J connectivity index is 0.780. The van der Waals surface area contributed by atoms with Crippen LogP contribution < -0.4 is 31.9 Å². The molecule has 3 aliphatic heterocycles. The third kappa shape index (κ3) is 9.67. The van der Waals surface area contributed by atoms with E-state index < -0.39 is 58.1 Å². The number of rotatable bonds is 17. The van der Waals surface area contributed by atoms with E-state index >= 15 is 18.4 Å². The Labute approximate surface area is 515 Å². The number of ether oxygens (including phenoxy) is 1. The van der Waals surface area contributed by atoms with Crippen LogP contribution in [0.4, 0.5) is 13.2 Å². The molecule has 19 atom stereocenters. The summed E-state index contributed by atoms with van der Waals surface area (Å²) in [7, 11) is 0. The molecule has 7 unspecified atom stereocenters. The van der Waals surface area contributed by atoms with Crippen molar-refractivity contribution in [1.29, 1.82) is 0 Å². The van der Waals surface area contributed by atoms with Crippen LogP contribution in [0.15, 0.2) is 78.9 Å². The standard InChI is InChI=1S/C74H99F3N6O4/c1-4-87-47-74-41-68(53-8-6-5-7-9-53)31-52(32-70(40-68,42-74)62(84)81-57-18-24-79-48(2)26-57)61(74)51-10-12-55(13-11-51)71-36-66(46-76)37-72(43-71,45-73(38-66,44-71)64(86)82-58-19-25-80-49(3)27-58)56-16-14-54(15-17-56)67-29-50-28-65(34-67,21-22-75)35-69(30-50,39-67)63(85)83-60-20-23-78-33-59(60)77/h5-17,48-50,52,57-61,78-80H,4,18-47H2,1-3H3,(H,81,84)(H,82,86)(H,83,85)/t48-,49-,50?,52?,57+,58+,59+,60+,61?,65-,66-,67-,68+,69?,70?,71+,72?,73?,74-/m1/s1. The monoisotopic (exact) mass is 1190 g/mol. The van der Waals surface area contributed by atoms with E-state index in [9.17, 15) is 9.18 Å². The predicted molar refractivity (Wildman–Crippen MR) is 333 cm³/mol. The number of carbonyl (C=O) groups is 3. The normalized spacial score (nSPS) is 45.5. The Hall–Kier alpha value is -4.30. The van der Waals surface area contributed by atoms with Crippen molar-refractivity contribution in [2.75, 3.05) is 52.7 Å².